The Balaban J connectivity index is 1.33. The Morgan fingerprint density at radius 1 is 1.16 bits per heavy atom. The van der Waals surface area contributed by atoms with E-state index in [9.17, 15) is 9.59 Å². The highest BCUT2D eigenvalue weighted by Gasteiger charge is 2.28. The highest BCUT2D eigenvalue weighted by atomic mass is 79.9. The number of halogens is 1. The van der Waals surface area contributed by atoms with Gasteiger partial charge in [-0.3, -0.25) is 14.5 Å². The second-order valence-corrected chi connectivity index (χ2v) is 9.24. The number of nitrogens with zero attached hydrogens (tertiary/aromatic N) is 1. The molecule has 0 saturated carbocycles. The van der Waals surface area contributed by atoms with Crippen molar-refractivity contribution in [2.45, 2.75) is 45.1 Å². The number of hydrogen-bond donors (Lipinski definition) is 1. The van der Waals surface area contributed by atoms with Crippen molar-refractivity contribution >= 4 is 33.7 Å². The number of benzene rings is 2. The van der Waals surface area contributed by atoms with Gasteiger partial charge in [-0.2, -0.15) is 0 Å². The summed E-state index contributed by atoms with van der Waals surface area (Å²) in [6.07, 6.45) is 8.72. The lowest BCUT2D eigenvalue weighted by molar-refractivity contribution is 0.0948. The number of rotatable bonds is 8. The van der Waals surface area contributed by atoms with E-state index in [-0.39, 0.29) is 11.7 Å². The molecule has 4 rings (SSSR count). The van der Waals surface area contributed by atoms with Gasteiger partial charge in [-0.25, -0.2) is 0 Å². The summed E-state index contributed by atoms with van der Waals surface area (Å²) in [5.74, 6) is 0.129. The maximum atomic E-state index is 12.4. The van der Waals surface area contributed by atoms with Gasteiger partial charge in [-0.15, -0.1) is 0 Å². The van der Waals surface area contributed by atoms with E-state index >= 15 is 0 Å². The highest BCUT2D eigenvalue weighted by Crippen LogP contribution is 2.32. The number of carbonyl (C=O) groups is 2. The Morgan fingerprint density at radius 3 is 2.81 bits per heavy atom. The molecule has 0 aromatic heterocycles. The topological polar surface area (TPSA) is 49.4 Å². The lowest BCUT2D eigenvalue weighted by Gasteiger charge is -2.35. The zero-order chi connectivity index (χ0) is 21.8. The molecule has 1 amide bonds. The van der Waals surface area contributed by atoms with E-state index in [1.54, 1.807) is 6.08 Å². The minimum absolute atomic E-state index is 0.0340. The standard InChI is InChI=1S/C26H29BrN2O2/c1-2-15-29(16-5-14-28-26(31)22-6-3-4-7-23(22)27)20-11-12-21-19(17-20)9-8-18-10-13-24(30)25(18)21/h3-4,6-10,13,20H,2,5,11-12,14-17H2,1H3,(H,28,31)/t20-/m0/s1. The lowest BCUT2D eigenvalue weighted by atomic mass is 9.83. The molecule has 0 unspecified atom stereocenters. The minimum atomic E-state index is -0.0340. The van der Waals surface area contributed by atoms with Crippen molar-refractivity contribution in [1.82, 2.24) is 10.2 Å². The number of nitrogens with one attached hydrogen (secondary N) is 1. The van der Waals surface area contributed by atoms with Gasteiger partial charge in [0.05, 0.1) is 5.56 Å². The van der Waals surface area contributed by atoms with Crippen LogP contribution in [0, 0.1) is 0 Å². The fourth-order valence-electron chi connectivity index (χ4n) is 4.83. The summed E-state index contributed by atoms with van der Waals surface area (Å²) >= 11 is 3.44. The fraction of sp³-hybridized carbons (Fsp3) is 0.385. The molecule has 0 radical (unpaired) electrons. The third kappa shape index (κ3) is 4.83. The maximum absolute atomic E-state index is 12.4. The van der Waals surface area contributed by atoms with Crippen LogP contribution in [0.15, 0.2) is 46.9 Å². The van der Waals surface area contributed by atoms with Gasteiger partial charge >= 0.3 is 0 Å². The summed E-state index contributed by atoms with van der Waals surface area (Å²) in [5, 5.41) is 3.05. The van der Waals surface area contributed by atoms with Gasteiger partial charge in [0.1, 0.15) is 0 Å². The molecule has 0 saturated heterocycles. The van der Waals surface area contributed by atoms with Gasteiger partial charge < -0.3 is 5.32 Å². The van der Waals surface area contributed by atoms with E-state index in [0.29, 0.717) is 18.2 Å². The molecular formula is C26H29BrN2O2. The summed E-state index contributed by atoms with van der Waals surface area (Å²) in [6, 6.07) is 12.3. The van der Waals surface area contributed by atoms with E-state index in [4.69, 9.17) is 0 Å². The van der Waals surface area contributed by atoms with Crippen LogP contribution in [0.25, 0.3) is 6.08 Å². The third-order valence-electron chi connectivity index (χ3n) is 6.34. The van der Waals surface area contributed by atoms with Gasteiger partial charge in [0.2, 0.25) is 0 Å². The van der Waals surface area contributed by atoms with Crippen molar-refractivity contribution in [1.29, 1.82) is 0 Å². The molecule has 2 aromatic carbocycles. The number of amides is 1. The minimum Gasteiger partial charge on any atom is -0.352 e. The summed E-state index contributed by atoms with van der Waals surface area (Å²) < 4.78 is 0.821. The van der Waals surface area contributed by atoms with Crippen LogP contribution < -0.4 is 5.32 Å². The Hall–Kier alpha value is -2.24. The quantitative estimate of drug-likeness (QED) is 0.537. The van der Waals surface area contributed by atoms with E-state index in [2.05, 4.69) is 45.2 Å². The monoisotopic (exact) mass is 480 g/mol. The van der Waals surface area contributed by atoms with Crippen LogP contribution in [-0.4, -0.2) is 42.3 Å². The van der Waals surface area contributed by atoms with Gasteiger partial charge in [-0.05, 0) is 89.5 Å². The SMILES string of the molecule is CCCN(CCCNC(=O)c1ccccc1Br)[C@H]1CCc2c(ccc3c2C(=O)C=C3)C1. The van der Waals surface area contributed by atoms with Gasteiger partial charge in [-0.1, -0.05) is 37.3 Å². The zero-order valence-electron chi connectivity index (χ0n) is 18.0. The van der Waals surface area contributed by atoms with E-state index in [1.807, 2.05) is 30.3 Å². The van der Waals surface area contributed by atoms with Crippen molar-refractivity contribution in [2.75, 3.05) is 19.6 Å². The van der Waals surface area contributed by atoms with Crippen molar-refractivity contribution in [2.24, 2.45) is 0 Å². The zero-order valence-corrected chi connectivity index (χ0v) is 19.6. The van der Waals surface area contributed by atoms with E-state index in [1.165, 1.54) is 11.1 Å². The van der Waals surface area contributed by atoms with Crippen molar-refractivity contribution in [3.05, 3.63) is 74.8 Å². The van der Waals surface area contributed by atoms with Crippen molar-refractivity contribution < 1.29 is 9.59 Å². The summed E-state index contributed by atoms with van der Waals surface area (Å²) in [7, 11) is 0. The predicted molar refractivity (Wildman–Crippen MR) is 129 cm³/mol. The molecule has 4 nitrogen and oxygen atoms in total. The van der Waals surface area contributed by atoms with Crippen molar-refractivity contribution in [3.63, 3.8) is 0 Å². The first-order chi connectivity index (χ1) is 15.1. The molecule has 5 heteroatoms. The average Bonchev–Trinajstić information content (AvgIpc) is 3.17. The number of allylic oxidation sites excluding steroid dienone is 1. The Labute approximate surface area is 192 Å². The van der Waals surface area contributed by atoms with Crippen LogP contribution in [0.5, 0.6) is 0 Å². The van der Waals surface area contributed by atoms with Crippen LogP contribution in [0.3, 0.4) is 0 Å². The summed E-state index contributed by atoms with van der Waals surface area (Å²) in [6.45, 7) is 4.91. The molecule has 162 valence electrons. The van der Waals surface area contributed by atoms with Crippen LogP contribution in [-0.2, 0) is 12.8 Å². The molecule has 0 heterocycles. The number of fused-ring (bicyclic) bond motifs is 3. The first-order valence-corrected chi connectivity index (χ1v) is 12.0. The molecule has 2 aromatic rings. The normalized spacial score (nSPS) is 17.0. The average molecular weight is 481 g/mol. The predicted octanol–water partition coefficient (Wildman–Crippen LogP) is 5.05. The Morgan fingerprint density at radius 2 is 2.00 bits per heavy atom. The van der Waals surface area contributed by atoms with Crippen molar-refractivity contribution in [3.8, 4) is 0 Å². The third-order valence-corrected chi connectivity index (χ3v) is 7.03. The number of carbonyl (C=O) groups excluding carboxylic acids is 2. The second kappa shape index (κ2) is 9.92. The van der Waals surface area contributed by atoms with E-state index in [0.717, 1.165) is 60.8 Å². The molecule has 0 aliphatic heterocycles. The molecule has 0 fully saturated rings. The fourth-order valence-corrected chi connectivity index (χ4v) is 5.30. The lowest BCUT2D eigenvalue weighted by Crippen LogP contribution is -2.41. The summed E-state index contributed by atoms with van der Waals surface area (Å²) in [4.78, 5) is 27.3. The number of ketones is 1. The molecule has 31 heavy (non-hydrogen) atoms. The van der Waals surface area contributed by atoms with Gasteiger partial charge in [0.25, 0.3) is 5.91 Å². The molecule has 2 aliphatic carbocycles. The largest absolute Gasteiger partial charge is 0.352 e. The van der Waals surface area contributed by atoms with Gasteiger partial charge in [0, 0.05) is 29.2 Å². The first kappa shape index (κ1) is 22.0. The number of hydrogen-bond acceptors (Lipinski definition) is 3. The van der Waals surface area contributed by atoms with Crippen LogP contribution >= 0.6 is 15.9 Å². The summed E-state index contributed by atoms with van der Waals surface area (Å²) in [5.41, 5.74) is 5.28. The van der Waals surface area contributed by atoms with Gasteiger partial charge in [0.15, 0.2) is 5.78 Å². The van der Waals surface area contributed by atoms with Crippen LogP contribution in [0.1, 0.15) is 63.6 Å². The molecule has 0 spiro atoms. The van der Waals surface area contributed by atoms with Crippen LogP contribution in [0.4, 0.5) is 0 Å². The molecule has 1 atom stereocenters. The molecule has 2 aliphatic rings. The van der Waals surface area contributed by atoms with E-state index < -0.39 is 0 Å². The highest BCUT2D eigenvalue weighted by molar-refractivity contribution is 9.10. The second-order valence-electron chi connectivity index (χ2n) is 8.39. The molecular weight excluding hydrogens is 452 g/mol. The van der Waals surface area contributed by atoms with Crippen LogP contribution in [0.2, 0.25) is 0 Å². The Bertz CT molecular complexity index is 1010. The molecule has 0 bridgehead atoms. The maximum Gasteiger partial charge on any atom is 0.252 e. The first-order valence-electron chi connectivity index (χ1n) is 11.2. The Kier molecular flexibility index (Phi) is 7.03. The molecule has 1 N–H and O–H groups in total. The smallest absolute Gasteiger partial charge is 0.252 e.